The first-order valence-corrected chi connectivity index (χ1v) is 6.27. The lowest BCUT2D eigenvalue weighted by atomic mass is 9.89. The van der Waals surface area contributed by atoms with E-state index < -0.39 is 21.8 Å². The molecule has 6 nitrogen and oxygen atoms in total. The topological polar surface area (TPSA) is 89.5 Å². The molecule has 0 bridgehead atoms. The predicted molar refractivity (Wildman–Crippen MR) is 70.2 cm³/mol. The van der Waals surface area contributed by atoms with Gasteiger partial charge in [-0.05, 0) is 19.9 Å². The molecule has 1 aliphatic rings. The van der Waals surface area contributed by atoms with Gasteiger partial charge in [0.05, 0.1) is 10.3 Å². The summed E-state index contributed by atoms with van der Waals surface area (Å²) in [6.07, 6.45) is 0.610. The van der Waals surface area contributed by atoms with E-state index in [-0.39, 0.29) is 18.0 Å². The minimum atomic E-state index is -0.815. The molecule has 0 aromatic heterocycles. The summed E-state index contributed by atoms with van der Waals surface area (Å²) >= 11 is 0. The van der Waals surface area contributed by atoms with Crippen LogP contribution in [0.2, 0.25) is 0 Å². The average molecular weight is 281 g/mol. The van der Waals surface area contributed by atoms with Crippen molar-refractivity contribution in [1.82, 2.24) is 4.90 Å². The maximum absolute atomic E-state index is 14.0. The van der Waals surface area contributed by atoms with Crippen molar-refractivity contribution in [3.05, 3.63) is 39.7 Å². The lowest BCUT2D eigenvalue weighted by molar-refractivity contribution is -0.387. The Bertz CT molecular complexity index is 564. The fourth-order valence-corrected chi connectivity index (χ4v) is 2.46. The van der Waals surface area contributed by atoms with E-state index in [2.05, 4.69) is 0 Å². The van der Waals surface area contributed by atoms with Crippen molar-refractivity contribution in [3.8, 4) is 0 Å². The Morgan fingerprint density at radius 2 is 2.30 bits per heavy atom. The molecular weight excluding hydrogens is 265 g/mol. The highest BCUT2D eigenvalue weighted by Crippen LogP contribution is 2.31. The van der Waals surface area contributed by atoms with Crippen molar-refractivity contribution in [2.75, 3.05) is 13.1 Å². The van der Waals surface area contributed by atoms with Crippen molar-refractivity contribution in [1.29, 1.82) is 0 Å². The molecule has 1 fully saturated rings. The van der Waals surface area contributed by atoms with E-state index in [1.54, 1.807) is 6.92 Å². The van der Waals surface area contributed by atoms with Crippen molar-refractivity contribution in [3.63, 3.8) is 0 Å². The second-order valence-corrected chi connectivity index (χ2v) is 5.39. The summed E-state index contributed by atoms with van der Waals surface area (Å²) in [5.41, 5.74) is 4.47. The van der Waals surface area contributed by atoms with Crippen LogP contribution in [0.1, 0.15) is 18.9 Å². The summed E-state index contributed by atoms with van der Waals surface area (Å²) in [6, 6.07) is 4.11. The molecule has 2 N–H and O–H groups in total. The van der Waals surface area contributed by atoms with Crippen molar-refractivity contribution in [2.45, 2.75) is 19.9 Å². The number of amides is 1. The minimum absolute atomic E-state index is 0.233. The van der Waals surface area contributed by atoms with Crippen LogP contribution in [-0.4, -0.2) is 28.8 Å². The molecule has 0 aliphatic carbocycles. The van der Waals surface area contributed by atoms with Gasteiger partial charge < -0.3 is 5.73 Å². The zero-order valence-electron chi connectivity index (χ0n) is 11.1. The largest absolute Gasteiger partial charge is 0.369 e. The molecule has 0 saturated carbocycles. The van der Waals surface area contributed by atoms with Gasteiger partial charge in [-0.15, -0.1) is 0 Å². The third-order valence-corrected chi connectivity index (χ3v) is 3.80. The van der Waals surface area contributed by atoms with E-state index >= 15 is 0 Å². The van der Waals surface area contributed by atoms with Crippen LogP contribution in [0.25, 0.3) is 0 Å². The van der Waals surface area contributed by atoms with E-state index in [1.165, 1.54) is 12.1 Å². The lowest BCUT2D eigenvalue weighted by Crippen LogP contribution is -2.37. The van der Waals surface area contributed by atoms with Gasteiger partial charge in [-0.25, -0.2) is 0 Å². The van der Waals surface area contributed by atoms with Crippen LogP contribution in [0.5, 0.6) is 0 Å². The SMILES string of the molecule is CC1(C(N)=O)CCN(Cc2cccc([N+](=O)[O-])c2F)C1. The van der Waals surface area contributed by atoms with Gasteiger partial charge in [0.25, 0.3) is 0 Å². The standard InChI is InChI=1S/C13H16FN3O3/c1-13(12(15)18)5-6-16(8-13)7-9-3-2-4-10(11(9)14)17(19)20/h2-4H,5-8H2,1H3,(H2,15,18). The number of halogens is 1. The third kappa shape index (κ3) is 2.62. The molecule has 1 aromatic carbocycles. The monoisotopic (exact) mass is 281 g/mol. The average Bonchev–Trinajstić information content (AvgIpc) is 2.75. The first-order chi connectivity index (χ1) is 9.33. The summed E-state index contributed by atoms with van der Waals surface area (Å²) in [5.74, 6) is -1.19. The van der Waals surface area contributed by atoms with Crippen LogP contribution in [0.3, 0.4) is 0 Å². The second-order valence-electron chi connectivity index (χ2n) is 5.39. The van der Waals surface area contributed by atoms with Gasteiger partial charge in [0, 0.05) is 24.7 Å². The Morgan fingerprint density at radius 1 is 1.60 bits per heavy atom. The number of likely N-dealkylation sites (tertiary alicyclic amines) is 1. The number of hydrogen-bond donors (Lipinski definition) is 1. The van der Waals surface area contributed by atoms with E-state index in [0.29, 0.717) is 19.5 Å². The molecule has 1 saturated heterocycles. The van der Waals surface area contributed by atoms with Gasteiger partial charge in [0.2, 0.25) is 11.7 Å². The predicted octanol–water partition coefficient (Wildman–Crippen LogP) is 1.43. The smallest absolute Gasteiger partial charge is 0.305 e. The molecule has 1 atom stereocenters. The van der Waals surface area contributed by atoms with Crippen molar-refractivity contribution >= 4 is 11.6 Å². The Hall–Kier alpha value is -2.02. The Morgan fingerprint density at radius 3 is 2.85 bits per heavy atom. The molecule has 1 heterocycles. The van der Waals surface area contributed by atoms with Crippen LogP contribution < -0.4 is 5.73 Å². The molecule has 7 heteroatoms. The molecule has 1 amide bonds. The number of nitro groups is 1. The summed E-state index contributed by atoms with van der Waals surface area (Å²) < 4.78 is 14.0. The minimum Gasteiger partial charge on any atom is -0.369 e. The van der Waals surface area contributed by atoms with Gasteiger partial charge in [-0.1, -0.05) is 12.1 Å². The zero-order chi connectivity index (χ0) is 14.9. The van der Waals surface area contributed by atoms with E-state index in [4.69, 9.17) is 5.73 Å². The highest BCUT2D eigenvalue weighted by molar-refractivity contribution is 5.81. The molecule has 1 aliphatic heterocycles. The number of nitrogens with two attached hydrogens (primary N) is 1. The number of hydrogen-bond acceptors (Lipinski definition) is 4. The van der Waals surface area contributed by atoms with Gasteiger partial charge in [-0.3, -0.25) is 19.8 Å². The quantitative estimate of drug-likeness (QED) is 0.667. The van der Waals surface area contributed by atoms with E-state index in [1.807, 2.05) is 4.90 Å². The molecule has 1 aromatic rings. The molecule has 0 radical (unpaired) electrons. The first kappa shape index (κ1) is 14.4. The number of nitrogens with zero attached hydrogens (tertiary/aromatic N) is 2. The molecule has 2 rings (SSSR count). The van der Waals surface area contributed by atoms with Crippen LogP contribution in [0.4, 0.5) is 10.1 Å². The fourth-order valence-electron chi connectivity index (χ4n) is 2.46. The maximum atomic E-state index is 14.0. The number of benzene rings is 1. The summed E-state index contributed by atoms with van der Waals surface area (Å²) in [6.45, 7) is 3.06. The van der Waals surface area contributed by atoms with Gasteiger partial charge in [0.1, 0.15) is 0 Å². The lowest BCUT2D eigenvalue weighted by Gasteiger charge is -2.21. The summed E-state index contributed by atoms with van der Waals surface area (Å²) in [4.78, 5) is 23.2. The molecule has 0 spiro atoms. The third-order valence-electron chi connectivity index (χ3n) is 3.80. The maximum Gasteiger partial charge on any atom is 0.305 e. The van der Waals surface area contributed by atoms with Crippen LogP contribution in [-0.2, 0) is 11.3 Å². The number of carbonyl (C=O) groups is 1. The van der Waals surface area contributed by atoms with E-state index in [9.17, 15) is 19.3 Å². The highest BCUT2D eigenvalue weighted by atomic mass is 19.1. The summed E-state index contributed by atoms with van der Waals surface area (Å²) in [5, 5.41) is 10.7. The molecular formula is C13H16FN3O3. The molecule has 108 valence electrons. The van der Waals surface area contributed by atoms with Crippen LogP contribution >= 0.6 is 0 Å². The fraction of sp³-hybridized carbons (Fsp3) is 0.462. The number of nitro benzene ring substituents is 1. The van der Waals surface area contributed by atoms with Gasteiger partial charge >= 0.3 is 5.69 Å². The molecule has 1 unspecified atom stereocenters. The Labute approximate surface area is 115 Å². The first-order valence-electron chi connectivity index (χ1n) is 6.27. The van der Waals surface area contributed by atoms with Crippen molar-refractivity contribution in [2.24, 2.45) is 11.1 Å². The Kier molecular flexibility index (Phi) is 3.71. The second kappa shape index (κ2) is 5.16. The molecule has 20 heavy (non-hydrogen) atoms. The van der Waals surface area contributed by atoms with Gasteiger partial charge in [-0.2, -0.15) is 4.39 Å². The number of rotatable bonds is 4. The van der Waals surface area contributed by atoms with Crippen LogP contribution in [0, 0.1) is 21.3 Å². The van der Waals surface area contributed by atoms with Crippen LogP contribution in [0.15, 0.2) is 18.2 Å². The zero-order valence-corrected chi connectivity index (χ0v) is 11.1. The van der Waals surface area contributed by atoms with Crippen molar-refractivity contribution < 1.29 is 14.1 Å². The summed E-state index contributed by atoms with van der Waals surface area (Å²) in [7, 11) is 0. The Balaban J connectivity index is 2.15. The highest BCUT2D eigenvalue weighted by Gasteiger charge is 2.39. The van der Waals surface area contributed by atoms with E-state index in [0.717, 1.165) is 6.07 Å². The number of carbonyl (C=O) groups excluding carboxylic acids is 1. The van der Waals surface area contributed by atoms with Gasteiger partial charge in [0.15, 0.2) is 0 Å². The number of primary amides is 1. The normalized spacial score (nSPS) is 22.9.